The minimum Gasteiger partial charge on any atom is -0.354 e. The molecule has 1 aliphatic rings. The molecular weight excluding hydrogens is 310 g/mol. The molecule has 1 saturated heterocycles. The molecule has 1 aliphatic heterocycles. The summed E-state index contributed by atoms with van der Waals surface area (Å²) in [5.74, 6) is 1.10. The Morgan fingerprint density at radius 2 is 1.91 bits per heavy atom. The van der Waals surface area contributed by atoms with E-state index in [0.29, 0.717) is 0 Å². The zero-order chi connectivity index (χ0) is 15.6. The zero-order valence-corrected chi connectivity index (χ0v) is 13.7. The van der Waals surface area contributed by atoms with Gasteiger partial charge in [-0.1, -0.05) is 12.1 Å². The van der Waals surface area contributed by atoms with Crippen molar-refractivity contribution >= 4 is 28.8 Å². The molecule has 0 aliphatic carbocycles. The molecule has 0 spiro atoms. The average molecular weight is 327 g/mol. The molecule has 4 rings (SSSR count). The molecule has 1 fully saturated rings. The minimum atomic E-state index is 0.803. The number of pyridine rings is 1. The van der Waals surface area contributed by atoms with Crippen LogP contribution in [0.25, 0.3) is 11.0 Å². The fourth-order valence-corrected chi connectivity index (χ4v) is 3.79. The van der Waals surface area contributed by atoms with Crippen molar-refractivity contribution in [2.45, 2.75) is 11.8 Å². The Bertz CT molecular complexity index is 813. The van der Waals surface area contributed by atoms with Gasteiger partial charge in [0.2, 0.25) is 0 Å². The highest BCUT2D eigenvalue weighted by Gasteiger charge is 2.21. The number of benzene rings is 1. The largest absolute Gasteiger partial charge is 0.354 e. The third-order valence-electron chi connectivity index (χ3n) is 4.00. The van der Waals surface area contributed by atoms with Crippen molar-refractivity contribution in [3.8, 4) is 0 Å². The molecular formula is C16H17N5OS. The number of hydrogen-bond acceptors (Lipinski definition) is 7. The Balaban J connectivity index is 1.44. The van der Waals surface area contributed by atoms with Gasteiger partial charge < -0.3 is 4.90 Å². The maximum atomic E-state index is 4.83. The standard InChI is InChI=1S/C16H17N5OS/c1-12-4-3-7-17-16(12)20-8-10-21(11-9-20)23-14-6-2-5-13-15(14)19-22-18-13/h2-7H,8-11H2,1H3. The number of hydrogen-bond donors (Lipinski definition) is 0. The van der Waals surface area contributed by atoms with E-state index >= 15 is 0 Å². The highest BCUT2D eigenvalue weighted by Crippen LogP contribution is 2.30. The van der Waals surface area contributed by atoms with E-state index in [1.165, 1.54) is 5.56 Å². The summed E-state index contributed by atoms with van der Waals surface area (Å²) in [6.07, 6.45) is 1.86. The van der Waals surface area contributed by atoms with Gasteiger partial charge in [-0.3, -0.25) is 0 Å². The van der Waals surface area contributed by atoms with Crippen LogP contribution in [-0.2, 0) is 0 Å². The number of fused-ring (bicyclic) bond motifs is 1. The van der Waals surface area contributed by atoms with Crippen LogP contribution in [0, 0.1) is 6.92 Å². The molecule has 0 N–H and O–H groups in total. The summed E-state index contributed by atoms with van der Waals surface area (Å²) in [4.78, 5) is 7.96. The summed E-state index contributed by atoms with van der Waals surface area (Å²) >= 11 is 1.72. The van der Waals surface area contributed by atoms with Crippen LogP contribution in [0.4, 0.5) is 5.82 Å². The van der Waals surface area contributed by atoms with Gasteiger partial charge in [-0.25, -0.2) is 13.9 Å². The van der Waals surface area contributed by atoms with Crippen molar-refractivity contribution in [3.05, 3.63) is 42.1 Å². The number of aromatic nitrogens is 3. The smallest absolute Gasteiger partial charge is 0.150 e. The first-order valence-corrected chi connectivity index (χ1v) is 8.39. The molecule has 0 radical (unpaired) electrons. The summed E-state index contributed by atoms with van der Waals surface area (Å²) in [7, 11) is 0. The van der Waals surface area contributed by atoms with Crippen molar-refractivity contribution < 1.29 is 4.63 Å². The Hall–Kier alpha value is -2.12. The van der Waals surface area contributed by atoms with Crippen LogP contribution in [-0.4, -0.2) is 45.8 Å². The zero-order valence-electron chi connectivity index (χ0n) is 12.8. The number of rotatable bonds is 3. The molecule has 7 heteroatoms. The van der Waals surface area contributed by atoms with Crippen molar-refractivity contribution in [1.29, 1.82) is 0 Å². The SMILES string of the molecule is Cc1cccnc1N1CCN(Sc2cccc3nonc23)CC1. The van der Waals surface area contributed by atoms with Crippen molar-refractivity contribution in [2.24, 2.45) is 0 Å². The van der Waals surface area contributed by atoms with Gasteiger partial charge in [0.15, 0.2) is 0 Å². The second-order valence-electron chi connectivity index (χ2n) is 5.54. The number of nitrogens with zero attached hydrogens (tertiary/aromatic N) is 5. The molecule has 0 amide bonds. The summed E-state index contributed by atoms with van der Waals surface area (Å²) < 4.78 is 7.19. The van der Waals surface area contributed by atoms with E-state index in [1.54, 1.807) is 11.9 Å². The Labute approximate surface area is 138 Å². The van der Waals surface area contributed by atoms with E-state index in [9.17, 15) is 0 Å². The van der Waals surface area contributed by atoms with E-state index in [0.717, 1.165) is 47.9 Å². The molecule has 6 nitrogen and oxygen atoms in total. The van der Waals surface area contributed by atoms with Crippen LogP contribution in [0.2, 0.25) is 0 Å². The maximum absolute atomic E-state index is 4.83. The molecule has 0 atom stereocenters. The maximum Gasteiger partial charge on any atom is 0.150 e. The van der Waals surface area contributed by atoms with Crippen molar-refractivity contribution in [3.63, 3.8) is 0 Å². The first-order valence-electron chi connectivity index (χ1n) is 7.62. The molecule has 118 valence electrons. The first kappa shape index (κ1) is 14.5. The molecule has 3 heterocycles. The van der Waals surface area contributed by atoms with Gasteiger partial charge >= 0.3 is 0 Å². The fourth-order valence-electron chi connectivity index (χ4n) is 2.79. The molecule has 1 aromatic carbocycles. The third-order valence-corrected chi connectivity index (χ3v) is 5.15. The highest BCUT2D eigenvalue weighted by molar-refractivity contribution is 7.97. The normalized spacial score (nSPS) is 16.1. The summed E-state index contributed by atoms with van der Waals surface area (Å²) in [6, 6.07) is 10.1. The first-order chi connectivity index (χ1) is 11.3. The van der Waals surface area contributed by atoms with Crippen LogP contribution in [0.1, 0.15) is 5.56 Å². The van der Waals surface area contributed by atoms with E-state index in [-0.39, 0.29) is 0 Å². The number of piperazine rings is 1. The molecule has 0 unspecified atom stereocenters. The minimum absolute atomic E-state index is 0.803. The van der Waals surface area contributed by atoms with Crippen LogP contribution in [0.5, 0.6) is 0 Å². The van der Waals surface area contributed by atoms with Gasteiger partial charge in [0.1, 0.15) is 16.9 Å². The predicted molar refractivity (Wildman–Crippen MR) is 90.4 cm³/mol. The Kier molecular flexibility index (Phi) is 3.88. The van der Waals surface area contributed by atoms with E-state index in [2.05, 4.69) is 43.6 Å². The third kappa shape index (κ3) is 2.89. The fraction of sp³-hybridized carbons (Fsp3) is 0.312. The topological polar surface area (TPSA) is 58.3 Å². The quantitative estimate of drug-likeness (QED) is 0.686. The average Bonchev–Trinajstić information content (AvgIpc) is 3.06. The second kappa shape index (κ2) is 6.17. The summed E-state index contributed by atoms with van der Waals surface area (Å²) in [5.41, 5.74) is 2.87. The molecule has 3 aromatic rings. The lowest BCUT2D eigenvalue weighted by Gasteiger charge is -2.35. The van der Waals surface area contributed by atoms with E-state index < -0.39 is 0 Å². The van der Waals surface area contributed by atoms with Gasteiger partial charge in [-0.05, 0) is 52.9 Å². The van der Waals surface area contributed by atoms with Crippen LogP contribution >= 0.6 is 11.9 Å². The monoisotopic (exact) mass is 327 g/mol. The van der Waals surface area contributed by atoms with Gasteiger partial charge in [0.05, 0.1) is 4.90 Å². The Morgan fingerprint density at radius 1 is 1.04 bits per heavy atom. The lowest BCUT2D eigenvalue weighted by molar-refractivity contribution is 0.315. The molecule has 2 aromatic heterocycles. The highest BCUT2D eigenvalue weighted by atomic mass is 32.2. The van der Waals surface area contributed by atoms with Gasteiger partial charge in [0.25, 0.3) is 0 Å². The van der Waals surface area contributed by atoms with Gasteiger partial charge in [-0.2, -0.15) is 0 Å². The van der Waals surface area contributed by atoms with Crippen LogP contribution in [0.3, 0.4) is 0 Å². The predicted octanol–water partition coefficient (Wildman–Crippen LogP) is 2.76. The van der Waals surface area contributed by atoms with Crippen molar-refractivity contribution in [1.82, 2.24) is 19.6 Å². The molecule has 0 bridgehead atoms. The van der Waals surface area contributed by atoms with Gasteiger partial charge in [0, 0.05) is 32.4 Å². The van der Waals surface area contributed by atoms with E-state index in [1.807, 2.05) is 24.4 Å². The summed E-state index contributed by atoms with van der Waals surface area (Å²) in [5, 5.41) is 7.90. The van der Waals surface area contributed by atoms with Crippen molar-refractivity contribution in [2.75, 3.05) is 31.1 Å². The number of anilines is 1. The lowest BCUT2D eigenvalue weighted by atomic mass is 10.2. The van der Waals surface area contributed by atoms with Gasteiger partial charge in [-0.15, -0.1) is 0 Å². The van der Waals surface area contributed by atoms with Crippen LogP contribution < -0.4 is 4.90 Å². The number of aryl methyl sites for hydroxylation is 1. The molecule has 23 heavy (non-hydrogen) atoms. The summed E-state index contributed by atoms with van der Waals surface area (Å²) in [6.45, 7) is 6.00. The van der Waals surface area contributed by atoms with E-state index in [4.69, 9.17) is 4.63 Å². The lowest BCUT2D eigenvalue weighted by Crippen LogP contribution is -2.44. The Morgan fingerprint density at radius 3 is 2.74 bits per heavy atom. The second-order valence-corrected chi connectivity index (χ2v) is 6.68. The van der Waals surface area contributed by atoms with Crippen LogP contribution in [0.15, 0.2) is 46.1 Å². The molecule has 0 saturated carbocycles.